The lowest BCUT2D eigenvalue weighted by Crippen LogP contribution is -2.25. The van der Waals surface area contributed by atoms with Crippen LogP contribution >= 0.6 is 0 Å². The van der Waals surface area contributed by atoms with Crippen molar-refractivity contribution in [1.29, 1.82) is 0 Å². The molecule has 146 valence electrons. The summed E-state index contributed by atoms with van der Waals surface area (Å²) in [5.74, 6) is -0.918. The molecule has 1 aliphatic heterocycles. The summed E-state index contributed by atoms with van der Waals surface area (Å²) in [5.41, 5.74) is 3.82. The first-order valence-corrected chi connectivity index (χ1v) is 9.66. The molecule has 0 saturated heterocycles. The van der Waals surface area contributed by atoms with Crippen molar-refractivity contribution >= 4 is 17.4 Å². The van der Waals surface area contributed by atoms with Crippen LogP contribution in [0.2, 0.25) is 0 Å². The Kier molecular flexibility index (Phi) is 5.68. The number of fused-ring (bicyclic) bond motifs is 1. The van der Waals surface area contributed by atoms with Gasteiger partial charge in [0.15, 0.2) is 12.4 Å². The molecule has 2 aromatic rings. The lowest BCUT2D eigenvalue weighted by molar-refractivity contribution is -0.148. The van der Waals surface area contributed by atoms with Gasteiger partial charge in [-0.2, -0.15) is 0 Å². The Morgan fingerprint density at radius 1 is 1.07 bits per heavy atom. The van der Waals surface area contributed by atoms with Crippen molar-refractivity contribution in [2.45, 2.75) is 38.5 Å². The number of carbonyl (C=O) groups is 2. The van der Waals surface area contributed by atoms with Crippen LogP contribution < -0.4 is 4.90 Å². The maximum absolute atomic E-state index is 12.6. The van der Waals surface area contributed by atoms with Crippen molar-refractivity contribution in [3.8, 4) is 0 Å². The van der Waals surface area contributed by atoms with E-state index < -0.39 is 0 Å². The predicted molar refractivity (Wildman–Crippen MR) is 111 cm³/mol. The Morgan fingerprint density at radius 2 is 1.71 bits per heavy atom. The Morgan fingerprint density at radius 3 is 2.36 bits per heavy atom. The molecule has 0 saturated carbocycles. The van der Waals surface area contributed by atoms with E-state index >= 15 is 0 Å². The van der Waals surface area contributed by atoms with Crippen molar-refractivity contribution in [1.82, 2.24) is 0 Å². The lowest BCUT2D eigenvalue weighted by Gasteiger charge is -2.24. The fraction of sp³-hybridized carbons (Fsp3) is 0.333. The van der Waals surface area contributed by atoms with Crippen molar-refractivity contribution < 1.29 is 14.3 Å². The number of likely N-dealkylation sites (N-methyl/N-ethyl adjacent to an activating group) is 1. The SMILES string of the molecule is CCC(C(=O)OCC(=O)C=C1N(C)c2ccccc2C1(C)C)c1ccccc1. The number of para-hydroxylation sites is 1. The number of esters is 1. The first kappa shape index (κ1) is 19.9. The molecule has 0 spiro atoms. The fourth-order valence-corrected chi connectivity index (χ4v) is 3.92. The molecule has 4 heteroatoms. The second-order valence-corrected chi connectivity index (χ2v) is 7.68. The number of ether oxygens (including phenoxy) is 1. The average molecular weight is 377 g/mol. The van der Waals surface area contributed by atoms with Gasteiger partial charge in [-0.25, -0.2) is 0 Å². The number of carbonyl (C=O) groups excluding carboxylic acids is 2. The van der Waals surface area contributed by atoms with E-state index in [0.717, 1.165) is 16.9 Å². The van der Waals surface area contributed by atoms with E-state index in [0.29, 0.717) is 6.42 Å². The summed E-state index contributed by atoms with van der Waals surface area (Å²) in [7, 11) is 1.96. The summed E-state index contributed by atoms with van der Waals surface area (Å²) in [4.78, 5) is 27.1. The van der Waals surface area contributed by atoms with Crippen molar-refractivity contribution in [2.24, 2.45) is 0 Å². The van der Waals surface area contributed by atoms with Crippen molar-refractivity contribution in [3.63, 3.8) is 0 Å². The van der Waals surface area contributed by atoms with Crippen LogP contribution in [0.5, 0.6) is 0 Å². The van der Waals surface area contributed by atoms with E-state index in [4.69, 9.17) is 4.74 Å². The minimum absolute atomic E-state index is 0.209. The highest BCUT2D eigenvalue weighted by molar-refractivity contribution is 5.94. The Labute approximate surface area is 166 Å². The number of nitrogens with zero attached hydrogens (tertiary/aromatic N) is 1. The van der Waals surface area contributed by atoms with E-state index in [-0.39, 0.29) is 29.7 Å². The highest BCUT2D eigenvalue weighted by atomic mass is 16.5. The molecular weight excluding hydrogens is 350 g/mol. The zero-order valence-corrected chi connectivity index (χ0v) is 16.9. The summed E-state index contributed by atoms with van der Waals surface area (Å²) >= 11 is 0. The molecule has 0 radical (unpaired) electrons. The molecule has 4 nitrogen and oxygen atoms in total. The summed E-state index contributed by atoms with van der Waals surface area (Å²) in [6, 6.07) is 17.7. The fourth-order valence-electron chi connectivity index (χ4n) is 3.92. The van der Waals surface area contributed by atoms with Crippen LogP contribution in [0.1, 0.15) is 44.2 Å². The highest BCUT2D eigenvalue weighted by Crippen LogP contribution is 2.46. The van der Waals surface area contributed by atoms with Crippen molar-refractivity contribution in [3.05, 3.63) is 77.5 Å². The minimum atomic E-state index is -0.359. The van der Waals surface area contributed by atoms with Crippen LogP contribution in [-0.2, 0) is 19.7 Å². The first-order valence-electron chi connectivity index (χ1n) is 9.66. The lowest BCUT2D eigenvalue weighted by atomic mass is 9.83. The second-order valence-electron chi connectivity index (χ2n) is 7.68. The van der Waals surface area contributed by atoms with Crippen molar-refractivity contribution in [2.75, 3.05) is 18.6 Å². The molecular formula is C24H27NO3. The van der Waals surface area contributed by atoms with Gasteiger partial charge in [0.25, 0.3) is 0 Å². The van der Waals surface area contributed by atoms with Crippen LogP contribution in [0.15, 0.2) is 66.4 Å². The molecule has 0 aromatic heterocycles. The summed E-state index contributed by atoms with van der Waals surface area (Å²) in [5, 5.41) is 0. The zero-order valence-electron chi connectivity index (χ0n) is 16.9. The van der Waals surface area contributed by atoms with E-state index in [2.05, 4.69) is 19.9 Å². The minimum Gasteiger partial charge on any atom is -0.457 e. The van der Waals surface area contributed by atoms with E-state index in [1.54, 1.807) is 6.08 Å². The highest BCUT2D eigenvalue weighted by Gasteiger charge is 2.38. The zero-order chi connectivity index (χ0) is 20.3. The van der Waals surface area contributed by atoms with Crippen LogP contribution in [0.25, 0.3) is 0 Å². The third-order valence-corrected chi connectivity index (χ3v) is 5.49. The van der Waals surface area contributed by atoms with Gasteiger partial charge in [0, 0.05) is 29.9 Å². The Hall–Kier alpha value is -2.88. The third kappa shape index (κ3) is 3.72. The van der Waals surface area contributed by atoms with Gasteiger partial charge in [0.2, 0.25) is 0 Å². The van der Waals surface area contributed by atoms with Gasteiger partial charge in [0.1, 0.15) is 0 Å². The molecule has 3 rings (SSSR count). The Balaban J connectivity index is 1.70. The number of anilines is 1. The van der Waals surface area contributed by atoms with E-state index in [9.17, 15) is 9.59 Å². The van der Waals surface area contributed by atoms with Gasteiger partial charge in [0.05, 0.1) is 5.92 Å². The normalized spacial score (nSPS) is 17.3. The second kappa shape index (κ2) is 8.01. The summed E-state index contributed by atoms with van der Waals surface area (Å²) in [6.07, 6.45) is 2.24. The molecule has 1 aliphatic rings. The Bertz CT molecular complexity index is 899. The summed E-state index contributed by atoms with van der Waals surface area (Å²) < 4.78 is 5.35. The molecule has 2 aromatic carbocycles. The number of allylic oxidation sites excluding steroid dienone is 1. The van der Waals surface area contributed by atoms with Crippen LogP contribution in [0.4, 0.5) is 5.69 Å². The summed E-state index contributed by atoms with van der Waals surface area (Å²) in [6.45, 7) is 5.90. The molecule has 1 unspecified atom stereocenters. The predicted octanol–water partition coefficient (Wildman–Crippen LogP) is 4.60. The quantitative estimate of drug-likeness (QED) is 0.545. The molecule has 0 aliphatic carbocycles. The first-order chi connectivity index (χ1) is 13.4. The third-order valence-electron chi connectivity index (χ3n) is 5.49. The maximum atomic E-state index is 12.6. The number of benzene rings is 2. The molecule has 28 heavy (non-hydrogen) atoms. The van der Waals surface area contributed by atoms with E-state index in [1.807, 2.05) is 67.4 Å². The molecule has 0 bridgehead atoms. The molecule has 1 heterocycles. The largest absolute Gasteiger partial charge is 0.457 e. The van der Waals surface area contributed by atoms with Gasteiger partial charge in [-0.3, -0.25) is 9.59 Å². The monoisotopic (exact) mass is 377 g/mol. The van der Waals surface area contributed by atoms with Gasteiger partial charge >= 0.3 is 5.97 Å². The van der Waals surface area contributed by atoms with Gasteiger partial charge in [-0.1, -0.05) is 69.3 Å². The number of rotatable bonds is 6. The van der Waals surface area contributed by atoms with Crippen LogP contribution in [-0.4, -0.2) is 25.4 Å². The standard InChI is InChI=1S/C24H27NO3/c1-5-19(17-11-7-6-8-12-17)23(27)28-16-18(26)15-22-24(2,3)20-13-9-10-14-21(20)25(22)4/h6-15,19H,5,16H2,1-4H3. The number of ketones is 1. The van der Waals surface area contributed by atoms with Gasteiger partial charge in [-0.05, 0) is 23.6 Å². The molecule has 0 amide bonds. The molecule has 0 N–H and O–H groups in total. The topological polar surface area (TPSA) is 46.6 Å². The number of hydrogen-bond donors (Lipinski definition) is 0. The maximum Gasteiger partial charge on any atom is 0.313 e. The van der Waals surface area contributed by atoms with Crippen LogP contribution in [0, 0.1) is 0 Å². The van der Waals surface area contributed by atoms with Crippen LogP contribution in [0.3, 0.4) is 0 Å². The van der Waals surface area contributed by atoms with E-state index in [1.165, 1.54) is 5.56 Å². The molecule has 1 atom stereocenters. The number of hydrogen-bond acceptors (Lipinski definition) is 4. The smallest absolute Gasteiger partial charge is 0.313 e. The van der Waals surface area contributed by atoms with Gasteiger partial charge < -0.3 is 9.64 Å². The average Bonchev–Trinajstić information content (AvgIpc) is 2.89. The van der Waals surface area contributed by atoms with Gasteiger partial charge in [-0.15, -0.1) is 0 Å². The molecule has 0 fully saturated rings.